The van der Waals surface area contributed by atoms with E-state index < -0.39 is 10.0 Å². The number of benzene rings is 2. The van der Waals surface area contributed by atoms with Gasteiger partial charge in [-0.05, 0) is 42.8 Å². The van der Waals surface area contributed by atoms with Crippen molar-refractivity contribution in [2.75, 3.05) is 26.4 Å². The molecule has 1 amide bonds. The van der Waals surface area contributed by atoms with Gasteiger partial charge in [-0.2, -0.15) is 4.31 Å². The lowest BCUT2D eigenvalue weighted by Crippen LogP contribution is -2.32. The maximum absolute atomic E-state index is 13.1. The second-order valence-electron chi connectivity index (χ2n) is 6.74. The zero-order valence-electron chi connectivity index (χ0n) is 17.2. The van der Waals surface area contributed by atoms with Gasteiger partial charge >= 0.3 is 0 Å². The summed E-state index contributed by atoms with van der Waals surface area (Å²) in [7, 11) is -3.79. The van der Waals surface area contributed by atoms with Gasteiger partial charge in [0.2, 0.25) is 16.8 Å². The third kappa shape index (κ3) is 4.40. The summed E-state index contributed by atoms with van der Waals surface area (Å²) in [4.78, 5) is 14.7. The number of hydrogen-bond acceptors (Lipinski definition) is 5. The molecule has 0 spiro atoms. The van der Waals surface area contributed by atoms with Crippen molar-refractivity contribution in [2.24, 2.45) is 0 Å². The van der Waals surface area contributed by atoms with Crippen LogP contribution in [0.25, 0.3) is 0 Å². The molecule has 0 bridgehead atoms. The Morgan fingerprint density at radius 1 is 1.00 bits per heavy atom. The Hall–Kier alpha value is -2.29. The summed E-state index contributed by atoms with van der Waals surface area (Å²) in [6, 6.07) is 9.90. The van der Waals surface area contributed by atoms with Gasteiger partial charge in [0, 0.05) is 31.7 Å². The quantitative estimate of drug-likeness (QED) is 0.609. The molecule has 162 valence electrons. The second-order valence-corrected chi connectivity index (χ2v) is 9.06. The average Bonchev–Trinajstić information content (AvgIpc) is 3.20. The third-order valence-electron chi connectivity index (χ3n) is 4.98. The maximum atomic E-state index is 13.1. The lowest BCUT2D eigenvalue weighted by molar-refractivity contribution is 0.0752. The van der Waals surface area contributed by atoms with Crippen LogP contribution in [0.15, 0.2) is 41.3 Å². The Labute approximate surface area is 182 Å². The predicted octanol–water partition coefficient (Wildman–Crippen LogP) is 3.76. The van der Waals surface area contributed by atoms with Crippen LogP contribution in [0.5, 0.6) is 11.5 Å². The van der Waals surface area contributed by atoms with Crippen LogP contribution in [0.3, 0.4) is 0 Å². The predicted molar refractivity (Wildman–Crippen MR) is 115 cm³/mol. The molecule has 0 saturated carbocycles. The number of halogens is 1. The highest BCUT2D eigenvalue weighted by atomic mass is 35.5. The van der Waals surface area contributed by atoms with E-state index in [2.05, 4.69) is 0 Å². The first-order valence-electron chi connectivity index (χ1n) is 9.79. The molecule has 0 saturated heterocycles. The molecule has 0 radical (unpaired) electrons. The Morgan fingerprint density at radius 3 is 2.37 bits per heavy atom. The molecule has 2 aromatic carbocycles. The summed E-state index contributed by atoms with van der Waals surface area (Å²) in [6.45, 7) is 7.01. The minimum atomic E-state index is -3.79. The topological polar surface area (TPSA) is 76.1 Å². The first-order chi connectivity index (χ1) is 14.3. The smallest absolute Gasteiger partial charge is 0.254 e. The minimum absolute atomic E-state index is 0.0575. The number of carbonyl (C=O) groups is 1. The largest absolute Gasteiger partial charge is 0.454 e. The molecule has 2 aromatic rings. The van der Waals surface area contributed by atoms with Crippen molar-refractivity contribution in [2.45, 2.75) is 32.2 Å². The molecule has 1 aliphatic rings. The zero-order valence-corrected chi connectivity index (χ0v) is 18.8. The van der Waals surface area contributed by atoms with Crippen molar-refractivity contribution in [3.05, 3.63) is 52.5 Å². The normalized spacial score (nSPS) is 13.0. The van der Waals surface area contributed by atoms with E-state index in [0.717, 1.165) is 5.56 Å². The highest BCUT2D eigenvalue weighted by molar-refractivity contribution is 7.89. The van der Waals surface area contributed by atoms with Crippen LogP contribution in [-0.4, -0.2) is 50.0 Å². The fourth-order valence-corrected chi connectivity index (χ4v) is 5.26. The van der Waals surface area contributed by atoms with Crippen LogP contribution in [-0.2, 0) is 16.6 Å². The highest BCUT2D eigenvalue weighted by Crippen LogP contribution is 2.33. The Bertz CT molecular complexity index is 1040. The van der Waals surface area contributed by atoms with Gasteiger partial charge in [0.05, 0.1) is 5.02 Å². The SMILES string of the molecule is CCN(Cc1ccc2c(c1)OCO2)C(=O)c1ccc(Cl)c(S(=O)(=O)N(CC)CC)c1. The molecule has 1 aliphatic heterocycles. The molecule has 0 aliphatic carbocycles. The number of hydrogen-bond donors (Lipinski definition) is 0. The molecule has 0 atom stereocenters. The maximum Gasteiger partial charge on any atom is 0.254 e. The fraction of sp³-hybridized carbons (Fsp3) is 0.381. The zero-order chi connectivity index (χ0) is 21.9. The number of sulfonamides is 1. The number of carbonyl (C=O) groups excluding carboxylic acids is 1. The van der Waals surface area contributed by atoms with Crippen molar-refractivity contribution in [1.82, 2.24) is 9.21 Å². The van der Waals surface area contributed by atoms with E-state index >= 15 is 0 Å². The van der Waals surface area contributed by atoms with Crippen molar-refractivity contribution in [3.63, 3.8) is 0 Å². The average molecular weight is 453 g/mol. The van der Waals surface area contributed by atoms with E-state index in [1.54, 1.807) is 24.8 Å². The van der Waals surface area contributed by atoms with Gasteiger partial charge in [0.1, 0.15) is 4.90 Å². The van der Waals surface area contributed by atoms with Crippen molar-refractivity contribution >= 4 is 27.5 Å². The minimum Gasteiger partial charge on any atom is -0.454 e. The van der Waals surface area contributed by atoms with E-state index in [0.29, 0.717) is 37.7 Å². The molecule has 3 rings (SSSR count). The molecule has 0 aromatic heterocycles. The van der Waals surface area contributed by atoms with Gasteiger partial charge in [-0.1, -0.05) is 31.5 Å². The molecular formula is C21H25ClN2O5S. The number of rotatable bonds is 8. The van der Waals surface area contributed by atoms with Crippen LogP contribution >= 0.6 is 11.6 Å². The van der Waals surface area contributed by atoms with Crippen molar-refractivity contribution in [3.8, 4) is 11.5 Å². The van der Waals surface area contributed by atoms with E-state index in [1.807, 2.05) is 25.1 Å². The van der Waals surface area contributed by atoms with Crippen LogP contribution < -0.4 is 9.47 Å². The van der Waals surface area contributed by atoms with Gasteiger partial charge in [-0.15, -0.1) is 0 Å². The Balaban J connectivity index is 1.88. The van der Waals surface area contributed by atoms with Crippen molar-refractivity contribution in [1.29, 1.82) is 0 Å². The van der Waals surface area contributed by atoms with E-state index in [9.17, 15) is 13.2 Å². The summed E-state index contributed by atoms with van der Waals surface area (Å²) in [5, 5.41) is 0.0947. The second kappa shape index (κ2) is 9.24. The molecule has 30 heavy (non-hydrogen) atoms. The van der Waals surface area contributed by atoms with Crippen molar-refractivity contribution < 1.29 is 22.7 Å². The van der Waals surface area contributed by atoms with Crippen LogP contribution in [0.2, 0.25) is 5.02 Å². The summed E-state index contributed by atoms with van der Waals surface area (Å²) in [6.07, 6.45) is 0. The molecule has 1 heterocycles. The first-order valence-corrected chi connectivity index (χ1v) is 11.6. The van der Waals surface area contributed by atoms with Gasteiger partial charge in [0.15, 0.2) is 11.5 Å². The summed E-state index contributed by atoms with van der Waals surface area (Å²) in [5.74, 6) is 1.05. The van der Waals surface area contributed by atoms with Gasteiger partial charge in [-0.3, -0.25) is 4.79 Å². The Kier molecular flexibility index (Phi) is 6.90. The molecule has 0 fully saturated rings. The molecule has 7 nitrogen and oxygen atoms in total. The first kappa shape index (κ1) is 22.4. The molecular weight excluding hydrogens is 428 g/mol. The molecule has 0 N–H and O–H groups in total. The van der Waals surface area contributed by atoms with Gasteiger partial charge < -0.3 is 14.4 Å². The molecule has 9 heteroatoms. The number of amides is 1. The van der Waals surface area contributed by atoms with E-state index in [-0.39, 0.29) is 28.2 Å². The van der Waals surface area contributed by atoms with E-state index in [4.69, 9.17) is 21.1 Å². The number of fused-ring (bicyclic) bond motifs is 1. The van der Waals surface area contributed by atoms with Crippen LogP contribution in [0, 0.1) is 0 Å². The lowest BCUT2D eigenvalue weighted by atomic mass is 10.1. The summed E-state index contributed by atoms with van der Waals surface area (Å²) >= 11 is 6.18. The summed E-state index contributed by atoms with van der Waals surface area (Å²) in [5.41, 5.74) is 1.16. The standard InChI is InChI=1S/C21H25ClN2O5S/c1-4-23(13-15-7-10-18-19(11-15)29-14-28-18)21(25)16-8-9-17(22)20(12-16)30(26,27)24(5-2)6-3/h7-12H,4-6,13-14H2,1-3H3. The number of nitrogens with zero attached hydrogens (tertiary/aromatic N) is 2. The van der Waals surface area contributed by atoms with Gasteiger partial charge in [-0.25, -0.2) is 8.42 Å². The Morgan fingerprint density at radius 2 is 1.70 bits per heavy atom. The summed E-state index contributed by atoms with van der Waals surface area (Å²) < 4.78 is 37.9. The van der Waals surface area contributed by atoms with E-state index in [1.165, 1.54) is 16.4 Å². The highest BCUT2D eigenvalue weighted by Gasteiger charge is 2.26. The van der Waals surface area contributed by atoms with Gasteiger partial charge in [0.25, 0.3) is 5.91 Å². The third-order valence-corrected chi connectivity index (χ3v) is 7.51. The number of ether oxygens (including phenoxy) is 2. The fourth-order valence-electron chi connectivity index (χ4n) is 3.31. The molecule has 0 unspecified atom stereocenters. The van der Waals surface area contributed by atoms with Crippen LogP contribution in [0.4, 0.5) is 0 Å². The van der Waals surface area contributed by atoms with Crippen LogP contribution in [0.1, 0.15) is 36.7 Å². The monoisotopic (exact) mass is 452 g/mol. The lowest BCUT2D eigenvalue weighted by Gasteiger charge is -2.23.